The predicted octanol–water partition coefficient (Wildman–Crippen LogP) is 14.8. The molecule has 0 radical (unpaired) electrons. The lowest BCUT2D eigenvalue weighted by Crippen LogP contribution is -1.92. The van der Waals surface area contributed by atoms with Crippen molar-refractivity contribution in [2.45, 2.75) is 0 Å². The van der Waals surface area contributed by atoms with Gasteiger partial charge in [-0.05, 0) is 118 Å². The van der Waals surface area contributed by atoms with E-state index in [2.05, 4.69) is 194 Å². The van der Waals surface area contributed by atoms with Gasteiger partial charge in [0.05, 0.1) is 0 Å². The molecule has 11 aromatic rings. The number of benzene rings is 10. The summed E-state index contributed by atoms with van der Waals surface area (Å²) >= 11 is 0. The van der Waals surface area contributed by atoms with Gasteiger partial charge in [0.1, 0.15) is 11.2 Å². The van der Waals surface area contributed by atoms with Crippen molar-refractivity contribution >= 4 is 54.3 Å². The van der Waals surface area contributed by atoms with Gasteiger partial charge in [0.15, 0.2) is 0 Å². The van der Waals surface area contributed by atoms with Gasteiger partial charge in [0.2, 0.25) is 0 Å². The van der Waals surface area contributed by atoms with Crippen LogP contribution < -0.4 is 0 Å². The Morgan fingerprint density at radius 2 is 0.698 bits per heavy atom. The Balaban J connectivity index is 1.05. The van der Waals surface area contributed by atoms with Crippen molar-refractivity contribution in [1.82, 2.24) is 0 Å². The van der Waals surface area contributed by atoms with E-state index in [0.29, 0.717) is 0 Å². The maximum atomic E-state index is 6.35. The summed E-state index contributed by atoms with van der Waals surface area (Å²) < 4.78 is 6.35. The Kier molecular flexibility index (Phi) is 6.62. The topological polar surface area (TPSA) is 13.1 Å². The maximum Gasteiger partial charge on any atom is 0.136 e. The smallest absolute Gasteiger partial charge is 0.136 e. The Hall–Kier alpha value is -6.96. The molecule has 0 saturated carbocycles. The van der Waals surface area contributed by atoms with Crippen LogP contribution in [0.2, 0.25) is 0 Å². The van der Waals surface area contributed by atoms with Crippen molar-refractivity contribution < 1.29 is 4.42 Å². The molecule has 0 aliphatic rings. The second-order valence-electron chi connectivity index (χ2n) is 14.0. The number of fused-ring (bicyclic) bond motifs is 2. The van der Waals surface area contributed by atoms with Crippen LogP contribution in [-0.4, -0.2) is 0 Å². The molecule has 11 rings (SSSR count). The second kappa shape index (κ2) is 11.8. The van der Waals surface area contributed by atoms with Crippen molar-refractivity contribution in [3.63, 3.8) is 0 Å². The molecule has 246 valence electrons. The van der Waals surface area contributed by atoms with Crippen LogP contribution in [-0.2, 0) is 0 Å². The van der Waals surface area contributed by atoms with Gasteiger partial charge >= 0.3 is 0 Å². The van der Waals surface area contributed by atoms with Gasteiger partial charge in [-0.2, -0.15) is 0 Å². The third kappa shape index (κ3) is 4.71. The van der Waals surface area contributed by atoms with E-state index in [1.165, 1.54) is 98.7 Å². The standard InChI is InChI=1S/C52H32O/c1-2-12-33(13-3-1)36-14-8-16-38(30-36)39-17-9-15-37(31-39)34-26-28-35(29-27-34)49-41-19-4-6-21-43(41)51(44-22-7-5-20-42(44)49)46-32-40-18-10-24-47-50(40)52-45(46)23-11-25-48(52)53-47/h1-32H. The van der Waals surface area contributed by atoms with E-state index in [9.17, 15) is 0 Å². The molecule has 0 atom stereocenters. The number of hydrogen-bond acceptors (Lipinski definition) is 1. The molecule has 1 aromatic heterocycles. The Morgan fingerprint density at radius 1 is 0.264 bits per heavy atom. The van der Waals surface area contributed by atoms with Crippen molar-refractivity contribution in [1.29, 1.82) is 0 Å². The molecule has 0 aliphatic carbocycles. The van der Waals surface area contributed by atoms with E-state index in [1.807, 2.05) is 0 Å². The van der Waals surface area contributed by atoms with Crippen molar-refractivity contribution in [3.8, 4) is 55.6 Å². The summed E-state index contributed by atoms with van der Waals surface area (Å²) in [5, 5.41) is 9.83. The Labute approximate surface area is 307 Å². The lowest BCUT2D eigenvalue weighted by atomic mass is 9.83. The lowest BCUT2D eigenvalue weighted by molar-refractivity contribution is 0.669. The summed E-state index contributed by atoms with van der Waals surface area (Å²) in [6.45, 7) is 0. The second-order valence-corrected chi connectivity index (χ2v) is 14.0. The molecule has 0 saturated heterocycles. The van der Waals surface area contributed by atoms with Crippen LogP contribution in [0.25, 0.3) is 110 Å². The first kappa shape index (κ1) is 29.7. The highest BCUT2D eigenvalue weighted by molar-refractivity contribution is 6.29. The van der Waals surface area contributed by atoms with Crippen LogP contribution in [0.15, 0.2) is 199 Å². The summed E-state index contributed by atoms with van der Waals surface area (Å²) in [5.41, 5.74) is 14.1. The monoisotopic (exact) mass is 672 g/mol. The van der Waals surface area contributed by atoms with Gasteiger partial charge in [-0.3, -0.25) is 0 Å². The van der Waals surface area contributed by atoms with Crippen LogP contribution in [0.4, 0.5) is 0 Å². The van der Waals surface area contributed by atoms with Crippen LogP contribution >= 0.6 is 0 Å². The molecule has 0 fully saturated rings. The summed E-state index contributed by atoms with van der Waals surface area (Å²) in [5.74, 6) is 0. The SMILES string of the molecule is c1ccc(-c2cccc(-c3cccc(-c4ccc(-c5c6ccccc6c(-c6cc7cccc8oc9cccc6c9c78)c6ccccc56)cc4)c3)c2)cc1. The minimum atomic E-state index is 0.937. The molecule has 1 nitrogen and oxygen atoms in total. The van der Waals surface area contributed by atoms with E-state index in [0.717, 1.165) is 11.2 Å². The molecular weight excluding hydrogens is 641 g/mol. The number of hydrogen-bond donors (Lipinski definition) is 0. The maximum absolute atomic E-state index is 6.35. The van der Waals surface area contributed by atoms with E-state index in [1.54, 1.807) is 0 Å². The average Bonchev–Trinajstić information content (AvgIpc) is 3.63. The minimum Gasteiger partial charge on any atom is -0.456 e. The van der Waals surface area contributed by atoms with E-state index in [4.69, 9.17) is 4.42 Å². The molecule has 0 spiro atoms. The zero-order valence-corrected chi connectivity index (χ0v) is 28.9. The molecule has 10 aromatic carbocycles. The highest BCUT2D eigenvalue weighted by Crippen LogP contribution is 2.48. The fraction of sp³-hybridized carbons (Fsp3) is 0. The van der Waals surface area contributed by atoms with Gasteiger partial charge in [-0.1, -0.05) is 164 Å². The van der Waals surface area contributed by atoms with Crippen molar-refractivity contribution in [2.24, 2.45) is 0 Å². The largest absolute Gasteiger partial charge is 0.456 e. The van der Waals surface area contributed by atoms with Gasteiger partial charge in [0.25, 0.3) is 0 Å². The summed E-state index contributed by atoms with van der Waals surface area (Å²) in [6.07, 6.45) is 0. The first-order valence-corrected chi connectivity index (χ1v) is 18.3. The molecule has 0 aliphatic heterocycles. The quantitative estimate of drug-likeness (QED) is 0.131. The van der Waals surface area contributed by atoms with Crippen molar-refractivity contribution in [3.05, 3.63) is 194 Å². The van der Waals surface area contributed by atoms with E-state index >= 15 is 0 Å². The van der Waals surface area contributed by atoms with Gasteiger partial charge < -0.3 is 4.42 Å². The zero-order valence-electron chi connectivity index (χ0n) is 28.9. The highest BCUT2D eigenvalue weighted by atomic mass is 16.3. The third-order valence-corrected chi connectivity index (χ3v) is 11.0. The van der Waals surface area contributed by atoms with Crippen molar-refractivity contribution in [2.75, 3.05) is 0 Å². The van der Waals surface area contributed by atoms with Gasteiger partial charge in [0, 0.05) is 10.8 Å². The van der Waals surface area contributed by atoms with E-state index < -0.39 is 0 Å². The third-order valence-electron chi connectivity index (χ3n) is 11.0. The van der Waals surface area contributed by atoms with Gasteiger partial charge in [-0.15, -0.1) is 0 Å². The minimum absolute atomic E-state index is 0.937. The van der Waals surface area contributed by atoms with Crippen LogP contribution in [0.1, 0.15) is 0 Å². The van der Waals surface area contributed by atoms with Crippen LogP contribution in [0.5, 0.6) is 0 Å². The first-order valence-electron chi connectivity index (χ1n) is 18.3. The van der Waals surface area contributed by atoms with Gasteiger partial charge in [-0.25, -0.2) is 0 Å². The molecule has 1 heteroatoms. The zero-order chi connectivity index (χ0) is 34.9. The molecule has 0 amide bonds. The summed E-state index contributed by atoms with van der Waals surface area (Å²) in [6, 6.07) is 70.5. The van der Waals surface area contributed by atoms with Crippen LogP contribution in [0, 0.1) is 0 Å². The average molecular weight is 673 g/mol. The molecule has 53 heavy (non-hydrogen) atoms. The molecule has 1 heterocycles. The fourth-order valence-electron chi connectivity index (χ4n) is 8.62. The van der Waals surface area contributed by atoms with E-state index in [-0.39, 0.29) is 0 Å². The Bertz CT molecular complexity index is 3090. The fourth-order valence-corrected chi connectivity index (χ4v) is 8.62. The molecule has 0 N–H and O–H groups in total. The molecule has 0 bridgehead atoms. The molecular formula is C52H32O. The molecule has 0 unspecified atom stereocenters. The normalized spacial score (nSPS) is 11.8. The number of furan rings is 1. The highest BCUT2D eigenvalue weighted by Gasteiger charge is 2.21. The summed E-state index contributed by atoms with van der Waals surface area (Å²) in [4.78, 5) is 0. The number of rotatable bonds is 5. The Morgan fingerprint density at radius 3 is 1.32 bits per heavy atom. The lowest BCUT2D eigenvalue weighted by Gasteiger charge is -2.19. The summed E-state index contributed by atoms with van der Waals surface area (Å²) in [7, 11) is 0. The first-order chi connectivity index (χ1) is 26.3. The predicted molar refractivity (Wildman–Crippen MR) is 225 cm³/mol. The van der Waals surface area contributed by atoms with Crippen LogP contribution in [0.3, 0.4) is 0 Å².